The summed E-state index contributed by atoms with van der Waals surface area (Å²) in [7, 11) is 0. The van der Waals surface area contributed by atoms with E-state index >= 15 is 0 Å². The Bertz CT molecular complexity index is 419. The third kappa shape index (κ3) is 4.29. The largest absolute Gasteiger partial charge is 0.405 e. The van der Waals surface area contributed by atoms with Gasteiger partial charge < -0.3 is 15.4 Å². The zero-order valence-electron chi connectivity index (χ0n) is 12.8. The van der Waals surface area contributed by atoms with Crippen LogP contribution < -0.4 is 10.6 Å². The number of carbonyl (C=O) groups excluding carboxylic acids is 1. The number of nitrogens with zero attached hydrogens (tertiary/aromatic N) is 1. The van der Waals surface area contributed by atoms with Crippen molar-refractivity contribution in [3.63, 3.8) is 0 Å². The molecule has 2 bridgehead atoms. The molecule has 3 aliphatic rings. The van der Waals surface area contributed by atoms with Crippen LogP contribution in [0, 0.1) is 5.92 Å². The zero-order chi connectivity index (χ0) is 15.7. The van der Waals surface area contributed by atoms with Gasteiger partial charge >= 0.3 is 6.18 Å². The molecular weight excluding hydrogens is 335 g/mol. The quantitative estimate of drug-likeness (QED) is 0.786. The number of amides is 1. The first kappa shape index (κ1) is 18.8. The van der Waals surface area contributed by atoms with Gasteiger partial charge in [-0.25, -0.2) is 0 Å². The predicted molar refractivity (Wildman–Crippen MR) is 80.5 cm³/mol. The van der Waals surface area contributed by atoms with E-state index in [2.05, 4.69) is 10.6 Å². The van der Waals surface area contributed by atoms with Crippen LogP contribution in [0.25, 0.3) is 0 Å². The van der Waals surface area contributed by atoms with Gasteiger partial charge in [-0.15, -0.1) is 12.4 Å². The molecule has 134 valence electrons. The lowest BCUT2D eigenvalue weighted by atomic mass is 9.88. The van der Waals surface area contributed by atoms with Crippen molar-refractivity contribution in [2.75, 3.05) is 32.7 Å². The summed E-state index contributed by atoms with van der Waals surface area (Å²) < 4.78 is 45.3. The van der Waals surface area contributed by atoms with Gasteiger partial charge in [0.2, 0.25) is 5.91 Å². The number of hydrogen-bond donors (Lipinski definition) is 2. The van der Waals surface area contributed by atoms with Gasteiger partial charge in [-0.1, -0.05) is 0 Å². The Morgan fingerprint density at radius 3 is 2.52 bits per heavy atom. The second kappa shape index (κ2) is 7.55. The molecule has 0 aromatic carbocycles. The van der Waals surface area contributed by atoms with E-state index in [0.717, 1.165) is 12.8 Å². The van der Waals surface area contributed by atoms with E-state index in [0.29, 0.717) is 32.6 Å². The number of hydrogen-bond acceptors (Lipinski definition) is 4. The fourth-order valence-corrected chi connectivity index (χ4v) is 3.69. The molecule has 1 amide bonds. The second-order valence-electron chi connectivity index (χ2n) is 6.30. The highest BCUT2D eigenvalue weighted by Gasteiger charge is 2.46. The van der Waals surface area contributed by atoms with Crippen LogP contribution in [0.15, 0.2) is 0 Å². The summed E-state index contributed by atoms with van der Waals surface area (Å²) in [5, 5.41) is 5.55. The van der Waals surface area contributed by atoms with Crippen molar-refractivity contribution in [1.82, 2.24) is 15.5 Å². The van der Waals surface area contributed by atoms with Crippen molar-refractivity contribution in [3.8, 4) is 0 Å². The highest BCUT2D eigenvalue weighted by atomic mass is 35.5. The topological polar surface area (TPSA) is 53.6 Å². The van der Waals surface area contributed by atoms with E-state index in [1.54, 1.807) is 0 Å². The number of piperazine rings is 1. The maximum atomic E-state index is 13.2. The summed E-state index contributed by atoms with van der Waals surface area (Å²) in [6, 6.07) is -1.61. The predicted octanol–water partition coefficient (Wildman–Crippen LogP) is 0.928. The highest BCUT2D eigenvalue weighted by molar-refractivity contribution is 5.85. The molecule has 0 radical (unpaired) electrons. The van der Waals surface area contributed by atoms with Crippen LogP contribution in [0.5, 0.6) is 0 Å². The molecule has 9 heteroatoms. The molecule has 4 atom stereocenters. The number of alkyl halides is 3. The Morgan fingerprint density at radius 1 is 1.30 bits per heavy atom. The molecule has 3 saturated heterocycles. The van der Waals surface area contributed by atoms with Crippen LogP contribution in [-0.2, 0) is 9.53 Å². The minimum absolute atomic E-state index is 0. The molecule has 3 heterocycles. The van der Waals surface area contributed by atoms with Gasteiger partial charge in [0.1, 0.15) is 6.04 Å². The number of carbonyl (C=O) groups is 1. The molecule has 5 nitrogen and oxygen atoms in total. The number of nitrogens with one attached hydrogen (secondary N) is 2. The van der Waals surface area contributed by atoms with Crippen molar-refractivity contribution in [2.24, 2.45) is 5.92 Å². The molecule has 3 rings (SSSR count). The van der Waals surface area contributed by atoms with E-state index in [4.69, 9.17) is 4.74 Å². The Morgan fingerprint density at radius 2 is 2.00 bits per heavy atom. The van der Waals surface area contributed by atoms with Crippen LogP contribution in [0.2, 0.25) is 0 Å². The summed E-state index contributed by atoms with van der Waals surface area (Å²) in [5.41, 5.74) is 0. The lowest BCUT2D eigenvalue weighted by Crippen LogP contribution is -2.58. The molecule has 0 aromatic heterocycles. The first-order chi connectivity index (χ1) is 10.4. The molecule has 0 aromatic rings. The first-order valence-electron chi connectivity index (χ1n) is 7.90. The van der Waals surface area contributed by atoms with E-state index in [-0.39, 0.29) is 43.0 Å². The third-order valence-electron chi connectivity index (χ3n) is 4.88. The molecule has 3 aliphatic heterocycles. The van der Waals surface area contributed by atoms with E-state index in [1.165, 1.54) is 4.90 Å². The average molecular weight is 358 g/mol. The van der Waals surface area contributed by atoms with E-state index in [9.17, 15) is 18.0 Å². The molecule has 0 aliphatic carbocycles. The monoisotopic (exact) mass is 357 g/mol. The molecule has 0 saturated carbocycles. The van der Waals surface area contributed by atoms with Gasteiger partial charge in [0, 0.05) is 32.7 Å². The maximum Gasteiger partial charge on any atom is 0.405 e. The number of halogens is 4. The van der Waals surface area contributed by atoms with Crippen molar-refractivity contribution in [3.05, 3.63) is 0 Å². The van der Waals surface area contributed by atoms with Gasteiger partial charge in [0.05, 0.1) is 18.1 Å². The van der Waals surface area contributed by atoms with Crippen LogP contribution in [0.4, 0.5) is 13.2 Å². The minimum atomic E-state index is -4.34. The lowest BCUT2D eigenvalue weighted by Gasteiger charge is -2.36. The Labute approximate surface area is 139 Å². The SMILES string of the molecule is Cl.O=C(NCC(N1CCNCC1)C(F)(F)F)C1CC2CCC1O2. The molecule has 4 unspecified atom stereocenters. The molecule has 23 heavy (non-hydrogen) atoms. The summed E-state index contributed by atoms with van der Waals surface area (Å²) in [6.45, 7) is 1.40. The highest BCUT2D eigenvalue weighted by Crippen LogP contribution is 2.38. The summed E-state index contributed by atoms with van der Waals surface area (Å²) >= 11 is 0. The van der Waals surface area contributed by atoms with Gasteiger partial charge in [-0.05, 0) is 19.3 Å². The van der Waals surface area contributed by atoms with Crippen molar-refractivity contribution in [2.45, 2.75) is 43.7 Å². The average Bonchev–Trinajstić information content (AvgIpc) is 3.09. The molecular formula is C14H23ClF3N3O2. The lowest BCUT2D eigenvalue weighted by molar-refractivity contribution is -0.184. The van der Waals surface area contributed by atoms with Crippen molar-refractivity contribution < 1.29 is 22.7 Å². The van der Waals surface area contributed by atoms with Crippen molar-refractivity contribution >= 4 is 18.3 Å². The zero-order valence-corrected chi connectivity index (χ0v) is 13.6. The second-order valence-corrected chi connectivity index (χ2v) is 6.30. The van der Waals surface area contributed by atoms with Crippen LogP contribution in [0.3, 0.4) is 0 Å². The summed E-state index contributed by atoms with van der Waals surface area (Å²) in [6.07, 6.45) is -1.89. The fourth-order valence-electron chi connectivity index (χ4n) is 3.69. The maximum absolute atomic E-state index is 13.2. The smallest absolute Gasteiger partial charge is 0.374 e. The van der Waals surface area contributed by atoms with E-state index < -0.39 is 12.2 Å². The standard InChI is InChI=1S/C14H22F3N3O2.ClH/c15-14(16,17)12(20-5-3-18-4-6-20)8-19-13(21)10-7-9-1-2-11(10)22-9;/h9-12,18H,1-8H2,(H,19,21);1H. The van der Waals surface area contributed by atoms with Crippen LogP contribution in [0.1, 0.15) is 19.3 Å². The molecule has 0 spiro atoms. The Kier molecular flexibility index (Phi) is 6.16. The summed E-state index contributed by atoms with van der Waals surface area (Å²) in [4.78, 5) is 13.6. The third-order valence-corrected chi connectivity index (χ3v) is 4.88. The van der Waals surface area contributed by atoms with Gasteiger partial charge in [-0.2, -0.15) is 13.2 Å². The Balaban J connectivity index is 0.00000192. The Hall–Kier alpha value is -0.570. The summed E-state index contributed by atoms with van der Waals surface area (Å²) in [5.74, 6) is -0.577. The fraction of sp³-hybridized carbons (Fsp3) is 0.929. The number of ether oxygens (including phenoxy) is 1. The molecule has 3 fully saturated rings. The first-order valence-corrected chi connectivity index (χ1v) is 7.90. The van der Waals surface area contributed by atoms with E-state index in [1.807, 2.05) is 0 Å². The van der Waals surface area contributed by atoms with Gasteiger partial charge in [0.15, 0.2) is 0 Å². The van der Waals surface area contributed by atoms with Crippen molar-refractivity contribution in [1.29, 1.82) is 0 Å². The minimum Gasteiger partial charge on any atom is -0.374 e. The van der Waals surface area contributed by atoms with Crippen LogP contribution >= 0.6 is 12.4 Å². The van der Waals surface area contributed by atoms with Gasteiger partial charge in [-0.3, -0.25) is 9.69 Å². The van der Waals surface area contributed by atoms with Gasteiger partial charge in [0.25, 0.3) is 0 Å². The van der Waals surface area contributed by atoms with Crippen LogP contribution in [-0.4, -0.2) is 68.0 Å². The normalized spacial score (nSPS) is 32.4. The molecule has 2 N–H and O–H groups in total. The number of fused-ring (bicyclic) bond motifs is 2. The number of rotatable bonds is 4.